The first-order chi connectivity index (χ1) is 12.8. The standard InChI is InChI=1S/C17H17NO7S2/c1-24-9-4-3-8(5-10(9)25-2)12-13-14(18-16(23)27-13)26-7-17(12,15(21)22)6-11(19)20/h3-5,12H,6-7H2,1-2H3,(H,18,23)(H,19,20)(H,21,22)/t12-,17+/m0/s1. The summed E-state index contributed by atoms with van der Waals surface area (Å²) in [6.45, 7) is 0. The molecule has 0 unspecified atom stereocenters. The number of methoxy groups -OCH3 is 2. The molecule has 2 atom stereocenters. The van der Waals surface area contributed by atoms with E-state index in [0.717, 1.165) is 23.1 Å². The van der Waals surface area contributed by atoms with E-state index in [9.17, 15) is 24.6 Å². The van der Waals surface area contributed by atoms with E-state index >= 15 is 0 Å². The van der Waals surface area contributed by atoms with Crippen LogP contribution in [0, 0.1) is 5.41 Å². The van der Waals surface area contributed by atoms with Gasteiger partial charge in [-0.15, -0.1) is 11.8 Å². The Balaban J connectivity index is 2.26. The van der Waals surface area contributed by atoms with E-state index in [1.54, 1.807) is 18.2 Å². The fraction of sp³-hybridized carbons (Fsp3) is 0.353. The van der Waals surface area contributed by atoms with Gasteiger partial charge in [-0.2, -0.15) is 0 Å². The minimum Gasteiger partial charge on any atom is -0.493 e. The fourth-order valence-electron chi connectivity index (χ4n) is 3.35. The van der Waals surface area contributed by atoms with Crippen LogP contribution in [0.4, 0.5) is 0 Å². The number of aromatic nitrogens is 1. The fourth-order valence-corrected chi connectivity index (χ4v) is 5.91. The minimum atomic E-state index is -1.60. The van der Waals surface area contributed by atoms with E-state index in [0.29, 0.717) is 27.0 Å². The molecular formula is C17H17NO7S2. The molecule has 0 spiro atoms. The van der Waals surface area contributed by atoms with Crippen molar-refractivity contribution >= 4 is 35.0 Å². The topological polar surface area (TPSA) is 126 Å². The van der Waals surface area contributed by atoms with Crippen LogP contribution in [0.15, 0.2) is 28.0 Å². The highest BCUT2D eigenvalue weighted by atomic mass is 32.2. The van der Waals surface area contributed by atoms with Gasteiger partial charge in [-0.3, -0.25) is 14.4 Å². The average Bonchev–Trinajstić information content (AvgIpc) is 3.00. The Morgan fingerprint density at radius 1 is 1.26 bits per heavy atom. The summed E-state index contributed by atoms with van der Waals surface area (Å²) >= 11 is 2.06. The molecule has 2 heterocycles. The van der Waals surface area contributed by atoms with E-state index in [-0.39, 0.29) is 10.6 Å². The Bertz CT molecular complexity index is 951. The summed E-state index contributed by atoms with van der Waals surface area (Å²) in [6, 6.07) is 4.95. The molecule has 0 radical (unpaired) electrons. The quantitative estimate of drug-likeness (QED) is 0.661. The number of aliphatic carboxylic acids is 2. The molecule has 0 saturated carbocycles. The molecule has 0 bridgehead atoms. The number of carboxylic acids is 2. The summed E-state index contributed by atoms with van der Waals surface area (Å²) in [5, 5.41) is 20.0. The van der Waals surface area contributed by atoms with Crippen LogP contribution in [-0.2, 0) is 9.59 Å². The van der Waals surface area contributed by atoms with Crippen molar-refractivity contribution in [1.82, 2.24) is 4.98 Å². The highest BCUT2D eigenvalue weighted by molar-refractivity contribution is 7.99. The van der Waals surface area contributed by atoms with Gasteiger partial charge in [0.05, 0.1) is 31.1 Å². The van der Waals surface area contributed by atoms with Gasteiger partial charge < -0.3 is 24.7 Å². The normalized spacial score (nSPS) is 21.3. The van der Waals surface area contributed by atoms with Crippen molar-refractivity contribution in [3.8, 4) is 11.5 Å². The van der Waals surface area contributed by atoms with Crippen molar-refractivity contribution in [3.05, 3.63) is 38.3 Å². The van der Waals surface area contributed by atoms with E-state index in [4.69, 9.17) is 9.47 Å². The first-order valence-corrected chi connectivity index (χ1v) is 9.65. The van der Waals surface area contributed by atoms with Gasteiger partial charge in [-0.1, -0.05) is 17.4 Å². The van der Waals surface area contributed by atoms with Gasteiger partial charge in [0, 0.05) is 16.5 Å². The maximum Gasteiger partial charge on any atom is 0.312 e. The monoisotopic (exact) mass is 411 g/mol. The van der Waals surface area contributed by atoms with Crippen molar-refractivity contribution in [2.75, 3.05) is 20.0 Å². The lowest BCUT2D eigenvalue weighted by molar-refractivity contribution is -0.155. The second kappa shape index (κ2) is 7.28. The van der Waals surface area contributed by atoms with Crippen molar-refractivity contribution in [1.29, 1.82) is 0 Å². The molecule has 1 aliphatic rings. The lowest BCUT2D eigenvalue weighted by atomic mass is 9.70. The largest absolute Gasteiger partial charge is 0.493 e. The van der Waals surface area contributed by atoms with Gasteiger partial charge in [0.15, 0.2) is 11.5 Å². The Morgan fingerprint density at radius 3 is 2.56 bits per heavy atom. The van der Waals surface area contributed by atoms with Crippen LogP contribution >= 0.6 is 23.1 Å². The number of nitrogens with one attached hydrogen (secondary N) is 1. The zero-order chi connectivity index (χ0) is 19.8. The van der Waals surface area contributed by atoms with E-state index in [2.05, 4.69) is 4.98 Å². The highest BCUT2D eigenvalue weighted by Crippen LogP contribution is 2.54. The number of H-pyrrole nitrogens is 1. The molecule has 0 amide bonds. The third-order valence-corrected chi connectivity index (χ3v) is 6.91. The number of hydrogen-bond donors (Lipinski definition) is 3. The maximum atomic E-state index is 12.3. The van der Waals surface area contributed by atoms with Crippen molar-refractivity contribution in [2.24, 2.45) is 5.41 Å². The maximum absolute atomic E-state index is 12.3. The predicted molar refractivity (Wildman–Crippen MR) is 99.4 cm³/mol. The number of rotatable bonds is 6. The first-order valence-electron chi connectivity index (χ1n) is 7.85. The summed E-state index contributed by atoms with van der Waals surface area (Å²) in [6.07, 6.45) is -0.570. The van der Waals surface area contributed by atoms with Crippen LogP contribution < -0.4 is 14.3 Å². The van der Waals surface area contributed by atoms with Crippen LogP contribution in [0.5, 0.6) is 11.5 Å². The van der Waals surface area contributed by atoms with Crippen LogP contribution in [0.1, 0.15) is 22.8 Å². The van der Waals surface area contributed by atoms with Crippen molar-refractivity contribution in [3.63, 3.8) is 0 Å². The van der Waals surface area contributed by atoms with Crippen LogP contribution in [0.25, 0.3) is 0 Å². The Kier molecular flexibility index (Phi) is 5.20. The molecule has 27 heavy (non-hydrogen) atoms. The molecule has 1 aliphatic heterocycles. The molecule has 3 rings (SSSR count). The number of thioether (sulfide) groups is 1. The number of ether oxygens (including phenoxy) is 2. The summed E-state index contributed by atoms with van der Waals surface area (Å²) < 4.78 is 10.5. The molecule has 3 N–H and O–H groups in total. The number of aromatic amines is 1. The molecule has 8 nitrogen and oxygen atoms in total. The molecular weight excluding hydrogens is 394 g/mol. The molecule has 2 aromatic rings. The third kappa shape index (κ3) is 3.30. The zero-order valence-corrected chi connectivity index (χ0v) is 16.1. The van der Waals surface area contributed by atoms with Crippen molar-refractivity contribution in [2.45, 2.75) is 17.4 Å². The number of thiazole rings is 1. The zero-order valence-electron chi connectivity index (χ0n) is 14.5. The molecule has 0 aliphatic carbocycles. The number of benzene rings is 1. The van der Waals surface area contributed by atoms with Crippen LogP contribution in [-0.4, -0.2) is 47.1 Å². The van der Waals surface area contributed by atoms with E-state index < -0.39 is 29.7 Å². The number of carbonyl (C=O) groups is 2. The number of fused-ring (bicyclic) bond motifs is 1. The van der Waals surface area contributed by atoms with Gasteiger partial charge in [0.2, 0.25) is 0 Å². The molecule has 0 saturated heterocycles. The minimum absolute atomic E-state index is 0.0211. The second-order valence-electron chi connectivity index (χ2n) is 6.08. The van der Waals surface area contributed by atoms with E-state index in [1.807, 2.05) is 0 Å². The number of hydrogen-bond acceptors (Lipinski definition) is 7. The van der Waals surface area contributed by atoms with Crippen LogP contribution in [0.3, 0.4) is 0 Å². The van der Waals surface area contributed by atoms with E-state index in [1.165, 1.54) is 14.2 Å². The van der Waals surface area contributed by atoms with Gasteiger partial charge in [-0.25, -0.2) is 0 Å². The summed E-state index contributed by atoms with van der Waals surface area (Å²) in [7, 11) is 2.94. The average molecular weight is 411 g/mol. The molecule has 1 aromatic heterocycles. The van der Waals surface area contributed by atoms with Gasteiger partial charge in [0.25, 0.3) is 0 Å². The molecule has 10 heteroatoms. The molecule has 1 aromatic carbocycles. The molecule has 144 valence electrons. The second-order valence-corrected chi connectivity index (χ2v) is 8.08. The SMILES string of the molecule is COc1ccc([C@H]2c3sc(=O)[nH]c3SC[C@@]2(CC(=O)O)C(=O)O)cc1OC. The molecule has 0 fully saturated rings. The van der Waals surface area contributed by atoms with Crippen LogP contribution in [0.2, 0.25) is 0 Å². The summed E-state index contributed by atoms with van der Waals surface area (Å²) in [5.41, 5.74) is -1.05. The van der Waals surface area contributed by atoms with Crippen molar-refractivity contribution < 1.29 is 29.3 Å². The third-order valence-electron chi connectivity index (χ3n) is 4.56. The van der Waals surface area contributed by atoms with Gasteiger partial charge in [-0.05, 0) is 17.7 Å². The summed E-state index contributed by atoms with van der Waals surface area (Å²) in [5.74, 6) is -2.36. The summed E-state index contributed by atoms with van der Waals surface area (Å²) in [4.78, 5) is 38.6. The predicted octanol–water partition coefficient (Wildman–Crippen LogP) is 2.24. The lowest BCUT2D eigenvalue weighted by Crippen LogP contribution is -2.44. The highest BCUT2D eigenvalue weighted by Gasteiger charge is 2.53. The number of carboxylic acid groups (broad SMARTS) is 2. The van der Waals surface area contributed by atoms with Gasteiger partial charge >= 0.3 is 16.8 Å². The lowest BCUT2D eigenvalue weighted by Gasteiger charge is -2.39. The first kappa shape index (κ1) is 19.3. The Morgan fingerprint density at radius 2 is 1.96 bits per heavy atom. The van der Waals surface area contributed by atoms with Gasteiger partial charge in [0.1, 0.15) is 0 Å². The Labute approximate surface area is 162 Å². The smallest absolute Gasteiger partial charge is 0.312 e. The Hall–Kier alpha value is -2.46.